The molecule has 0 radical (unpaired) electrons. The third kappa shape index (κ3) is 2.27. The zero-order valence-electron chi connectivity index (χ0n) is 17.5. The summed E-state index contributed by atoms with van der Waals surface area (Å²) >= 11 is 0. The molecule has 2 saturated heterocycles. The predicted octanol–water partition coefficient (Wildman–Crippen LogP) is 3.19. The van der Waals surface area contributed by atoms with Crippen LogP contribution in [0.2, 0.25) is 0 Å². The molecule has 2 heterocycles. The molecule has 0 aromatic rings. The average molecular weight is 388 g/mol. The van der Waals surface area contributed by atoms with E-state index >= 15 is 0 Å². The van der Waals surface area contributed by atoms with E-state index in [0.717, 1.165) is 50.8 Å². The van der Waals surface area contributed by atoms with Gasteiger partial charge < -0.3 is 19.5 Å². The van der Waals surface area contributed by atoms with Crippen LogP contribution in [-0.4, -0.2) is 55.6 Å². The first kappa shape index (κ1) is 18.8. The summed E-state index contributed by atoms with van der Waals surface area (Å²) in [5.74, 6) is -0.592. The summed E-state index contributed by atoms with van der Waals surface area (Å²) in [5, 5.41) is 10.8. The fourth-order valence-corrected chi connectivity index (χ4v) is 7.44. The largest absolute Gasteiger partial charge is 0.466 e. The fourth-order valence-electron chi connectivity index (χ4n) is 7.44. The quantitative estimate of drug-likeness (QED) is 0.738. The van der Waals surface area contributed by atoms with E-state index in [2.05, 4.69) is 11.9 Å². The molecule has 5 rings (SSSR count). The minimum absolute atomic E-state index is 0.00333. The van der Waals surface area contributed by atoms with E-state index in [-0.39, 0.29) is 16.8 Å². The zero-order chi connectivity index (χ0) is 19.7. The highest BCUT2D eigenvalue weighted by Gasteiger charge is 2.67. The molecule has 1 N–H and O–H groups in total. The zero-order valence-corrected chi connectivity index (χ0v) is 17.5. The van der Waals surface area contributed by atoms with Crippen LogP contribution in [0.4, 0.5) is 0 Å². The first-order valence-corrected chi connectivity index (χ1v) is 11.0. The Kier molecular flexibility index (Phi) is 4.15. The summed E-state index contributed by atoms with van der Waals surface area (Å²) in [4.78, 5) is 15.2. The third-order valence-corrected chi connectivity index (χ3v) is 8.80. The second kappa shape index (κ2) is 6.16. The molecule has 0 aromatic carbocycles. The number of methoxy groups -OCH3 is 1. The first-order chi connectivity index (χ1) is 13.4. The van der Waals surface area contributed by atoms with Gasteiger partial charge in [0.25, 0.3) is 0 Å². The van der Waals surface area contributed by atoms with Crippen molar-refractivity contribution in [3.8, 4) is 0 Å². The summed E-state index contributed by atoms with van der Waals surface area (Å²) in [7, 11) is 3.73. The Morgan fingerprint density at radius 1 is 1.32 bits per heavy atom. The second-order valence-electron chi connectivity index (χ2n) is 9.86. The maximum absolute atomic E-state index is 12.7. The Morgan fingerprint density at radius 2 is 2.14 bits per heavy atom. The van der Waals surface area contributed by atoms with Crippen LogP contribution in [0.1, 0.15) is 58.3 Å². The lowest BCUT2D eigenvalue weighted by molar-refractivity contribution is -0.283. The summed E-state index contributed by atoms with van der Waals surface area (Å²) in [6.07, 6.45) is 7.51. The van der Waals surface area contributed by atoms with E-state index < -0.39 is 5.79 Å². The van der Waals surface area contributed by atoms with Gasteiger partial charge in [0, 0.05) is 35.9 Å². The Bertz CT molecular complexity index is 773. The van der Waals surface area contributed by atoms with E-state index in [0.29, 0.717) is 25.4 Å². The van der Waals surface area contributed by atoms with Gasteiger partial charge in [0.1, 0.15) is 0 Å². The topological polar surface area (TPSA) is 59.0 Å². The molecule has 0 amide bonds. The van der Waals surface area contributed by atoms with Gasteiger partial charge in [-0.2, -0.15) is 0 Å². The SMILES string of the molecule is CC[C@]1(O)CC[C@@]2(CO1)[C@@H]1CCC3=C4C(=C(C(=O)OC)C[C@@]42CN(C)C1)CC3. The molecule has 0 unspecified atom stereocenters. The number of ether oxygens (including phenoxy) is 2. The smallest absolute Gasteiger partial charge is 0.334 e. The van der Waals surface area contributed by atoms with Crippen LogP contribution in [-0.2, 0) is 14.3 Å². The number of likely N-dealkylation sites (tertiary alicyclic amines) is 1. The Hall–Kier alpha value is -1.17. The minimum atomic E-state index is -0.985. The number of carbonyl (C=O) groups is 1. The number of nitrogens with zero attached hydrogens (tertiary/aromatic N) is 1. The van der Waals surface area contributed by atoms with Crippen molar-refractivity contribution >= 4 is 5.97 Å². The van der Waals surface area contributed by atoms with E-state index in [4.69, 9.17) is 9.47 Å². The molecule has 5 aliphatic rings. The first-order valence-electron chi connectivity index (χ1n) is 11.0. The van der Waals surface area contributed by atoms with Gasteiger partial charge in [-0.25, -0.2) is 4.79 Å². The van der Waals surface area contributed by atoms with Gasteiger partial charge in [-0.15, -0.1) is 0 Å². The fraction of sp³-hybridized carbons (Fsp3) is 0.783. The van der Waals surface area contributed by atoms with E-state index in [1.807, 2.05) is 6.92 Å². The number of carbonyl (C=O) groups excluding carboxylic acids is 1. The standard InChI is InChI=1S/C23H33NO4/c1-4-23(26)10-9-21(14-28-23)16-7-5-15-6-8-17-18(20(25)27-3)11-22(21,19(15)17)13-24(2)12-16/h16,26H,4-14H2,1-3H3/t16-,21-,22-,23-/m1/s1. The molecule has 5 nitrogen and oxygen atoms in total. The van der Waals surface area contributed by atoms with Crippen molar-refractivity contribution in [2.45, 2.75) is 64.1 Å². The van der Waals surface area contributed by atoms with Gasteiger partial charge in [-0.1, -0.05) is 12.5 Å². The Labute approximate surface area is 167 Å². The van der Waals surface area contributed by atoms with Crippen LogP contribution in [0.15, 0.2) is 22.3 Å². The summed E-state index contributed by atoms with van der Waals surface area (Å²) in [5.41, 5.74) is 5.21. The van der Waals surface area contributed by atoms with Gasteiger partial charge in [0.2, 0.25) is 0 Å². The van der Waals surface area contributed by atoms with Gasteiger partial charge in [0.05, 0.1) is 13.7 Å². The summed E-state index contributed by atoms with van der Waals surface area (Å²) < 4.78 is 11.4. The monoisotopic (exact) mass is 387 g/mol. The van der Waals surface area contributed by atoms with Gasteiger partial charge in [-0.3, -0.25) is 0 Å². The summed E-state index contributed by atoms with van der Waals surface area (Å²) in [6, 6.07) is 0. The average Bonchev–Trinajstić information content (AvgIpc) is 3.23. The van der Waals surface area contributed by atoms with Crippen molar-refractivity contribution in [2.24, 2.45) is 16.7 Å². The highest BCUT2D eigenvalue weighted by atomic mass is 16.6. The molecule has 2 fully saturated rings. The molecular formula is C23H33NO4. The molecule has 154 valence electrons. The van der Waals surface area contributed by atoms with Crippen molar-refractivity contribution in [3.05, 3.63) is 22.3 Å². The lowest BCUT2D eigenvalue weighted by Gasteiger charge is -2.61. The number of piperidine rings is 1. The van der Waals surface area contributed by atoms with Crippen LogP contribution in [0.5, 0.6) is 0 Å². The van der Waals surface area contributed by atoms with Crippen LogP contribution in [0.25, 0.3) is 0 Å². The van der Waals surface area contributed by atoms with E-state index in [1.54, 1.807) is 5.57 Å². The number of hydrogen-bond acceptors (Lipinski definition) is 5. The molecule has 28 heavy (non-hydrogen) atoms. The molecule has 2 spiro atoms. The molecule has 5 heteroatoms. The van der Waals surface area contributed by atoms with Crippen LogP contribution in [0, 0.1) is 16.7 Å². The molecule has 2 aliphatic heterocycles. The number of hydrogen-bond donors (Lipinski definition) is 1. The van der Waals surface area contributed by atoms with Gasteiger partial charge in [-0.05, 0) is 69.1 Å². The molecule has 2 bridgehead atoms. The number of rotatable bonds is 2. The van der Waals surface area contributed by atoms with Crippen molar-refractivity contribution in [1.29, 1.82) is 0 Å². The second-order valence-corrected chi connectivity index (χ2v) is 9.86. The Balaban J connectivity index is 1.66. The molecule has 3 aliphatic carbocycles. The third-order valence-electron chi connectivity index (χ3n) is 8.80. The maximum Gasteiger partial charge on any atom is 0.334 e. The summed E-state index contributed by atoms with van der Waals surface area (Å²) in [6.45, 7) is 4.66. The van der Waals surface area contributed by atoms with Crippen LogP contribution < -0.4 is 0 Å². The van der Waals surface area contributed by atoms with Crippen molar-refractivity contribution in [3.63, 3.8) is 0 Å². The highest BCUT2D eigenvalue weighted by Crippen LogP contribution is 2.70. The maximum atomic E-state index is 12.7. The lowest BCUT2D eigenvalue weighted by Crippen LogP contribution is -2.64. The van der Waals surface area contributed by atoms with Gasteiger partial charge >= 0.3 is 5.97 Å². The predicted molar refractivity (Wildman–Crippen MR) is 105 cm³/mol. The molecule has 4 atom stereocenters. The van der Waals surface area contributed by atoms with Crippen molar-refractivity contribution < 1.29 is 19.4 Å². The molecule has 0 aromatic heterocycles. The highest BCUT2D eigenvalue weighted by molar-refractivity contribution is 5.92. The van der Waals surface area contributed by atoms with E-state index in [1.165, 1.54) is 24.7 Å². The van der Waals surface area contributed by atoms with Crippen molar-refractivity contribution in [2.75, 3.05) is 33.9 Å². The van der Waals surface area contributed by atoms with Crippen molar-refractivity contribution in [1.82, 2.24) is 4.90 Å². The van der Waals surface area contributed by atoms with E-state index in [9.17, 15) is 9.90 Å². The molecule has 0 saturated carbocycles. The normalized spacial score (nSPS) is 42.8. The Morgan fingerprint density at radius 3 is 2.82 bits per heavy atom. The lowest BCUT2D eigenvalue weighted by atomic mass is 9.50. The number of esters is 1. The minimum Gasteiger partial charge on any atom is -0.466 e. The molecular weight excluding hydrogens is 354 g/mol. The van der Waals surface area contributed by atoms with Gasteiger partial charge in [0.15, 0.2) is 5.79 Å². The number of allylic oxidation sites excluding steroid dienone is 2. The van der Waals surface area contributed by atoms with Crippen LogP contribution >= 0.6 is 0 Å². The van der Waals surface area contributed by atoms with Crippen LogP contribution in [0.3, 0.4) is 0 Å². The number of aliphatic hydroxyl groups is 1.